The first-order chi connectivity index (χ1) is 16.2. The second-order valence-electron chi connectivity index (χ2n) is 7.41. The molecule has 4 rings (SSSR count). The van der Waals surface area contributed by atoms with Crippen molar-refractivity contribution in [3.63, 3.8) is 0 Å². The van der Waals surface area contributed by atoms with Gasteiger partial charge in [-0.05, 0) is 38.1 Å². The van der Waals surface area contributed by atoms with E-state index >= 15 is 0 Å². The molecule has 0 saturated carbocycles. The van der Waals surface area contributed by atoms with Gasteiger partial charge in [-0.2, -0.15) is 5.10 Å². The van der Waals surface area contributed by atoms with Crippen LogP contribution in [0, 0.1) is 13.8 Å². The number of ether oxygens (including phenoxy) is 1. The Labute approximate surface area is 210 Å². The summed E-state index contributed by atoms with van der Waals surface area (Å²) in [5, 5.41) is 9.43. The van der Waals surface area contributed by atoms with Gasteiger partial charge in [0.2, 0.25) is 11.1 Å². The van der Waals surface area contributed by atoms with Crippen LogP contribution in [0.1, 0.15) is 27.7 Å². The van der Waals surface area contributed by atoms with E-state index in [1.165, 1.54) is 28.1 Å². The molecule has 9 nitrogen and oxygen atoms in total. The second-order valence-corrected chi connectivity index (χ2v) is 12.6. The van der Waals surface area contributed by atoms with Gasteiger partial charge in [-0.3, -0.25) is 4.79 Å². The predicted molar refractivity (Wildman–Crippen MR) is 139 cm³/mol. The van der Waals surface area contributed by atoms with Crippen LogP contribution in [0.25, 0.3) is 11.1 Å². The molecule has 13 heteroatoms. The van der Waals surface area contributed by atoms with Crippen LogP contribution in [0.4, 0.5) is 5.00 Å². The quantitative estimate of drug-likeness (QED) is 0.551. The van der Waals surface area contributed by atoms with Gasteiger partial charge in [0.25, 0.3) is 10.0 Å². The third-order valence-corrected chi connectivity index (χ3v) is 9.23. The number of aryl methyl sites for hydroxylation is 2. The van der Waals surface area contributed by atoms with Crippen molar-refractivity contribution in [2.75, 3.05) is 30.0 Å². The van der Waals surface area contributed by atoms with E-state index in [9.17, 15) is 18.0 Å². The number of thiophene rings is 1. The summed E-state index contributed by atoms with van der Waals surface area (Å²) >= 11 is 3.63. The Morgan fingerprint density at radius 2 is 1.97 bits per heavy atom. The van der Waals surface area contributed by atoms with Crippen molar-refractivity contribution in [1.82, 2.24) is 5.01 Å². The molecule has 1 aromatic carbocycles. The van der Waals surface area contributed by atoms with E-state index in [1.807, 2.05) is 38.1 Å². The Kier molecular flexibility index (Phi) is 7.36. The van der Waals surface area contributed by atoms with Gasteiger partial charge in [0.1, 0.15) is 10.6 Å². The van der Waals surface area contributed by atoms with Crippen molar-refractivity contribution in [2.45, 2.75) is 20.8 Å². The topological polar surface area (TPSA) is 117 Å². The molecule has 1 N–H and O–H groups in total. The number of thioether (sulfide) groups is 2. The lowest BCUT2D eigenvalue weighted by atomic mass is 10.0. The lowest BCUT2D eigenvalue weighted by Gasteiger charge is -2.16. The molecule has 180 valence electrons. The number of carbonyl (C=O) groups is 2. The number of hydrogen-bond donors (Lipinski definition) is 1. The Morgan fingerprint density at radius 3 is 2.68 bits per heavy atom. The summed E-state index contributed by atoms with van der Waals surface area (Å²) in [5.74, 6) is -0.845. The Balaban J connectivity index is 1.50. The van der Waals surface area contributed by atoms with Crippen LogP contribution >= 0.6 is 34.9 Å². The van der Waals surface area contributed by atoms with Crippen LogP contribution < -0.4 is 5.32 Å². The first kappa shape index (κ1) is 24.8. The Morgan fingerprint density at radius 1 is 1.24 bits per heavy atom. The average molecular weight is 539 g/mol. The van der Waals surface area contributed by atoms with E-state index in [0.29, 0.717) is 20.1 Å². The number of esters is 1. The molecule has 1 aromatic heterocycles. The number of nitrogens with one attached hydrogen (secondary N) is 1. The van der Waals surface area contributed by atoms with Crippen molar-refractivity contribution < 1.29 is 22.7 Å². The molecule has 2 aliphatic rings. The molecule has 0 spiro atoms. The summed E-state index contributed by atoms with van der Waals surface area (Å²) in [7, 11) is -3.46. The van der Waals surface area contributed by atoms with Crippen LogP contribution in [-0.4, -0.2) is 59.5 Å². The summed E-state index contributed by atoms with van der Waals surface area (Å²) in [6.07, 6.45) is 0. The van der Waals surface area contributed by atoms with Crippen molar-refractivity contribution in [1.29, 1.82) is 0 Å². The molecule has 0 aliphatic carbocycles. The van der Waals surface area contributed by atoms with E-state index in [4.69, 9.17) is 4.74 Å². The normalized spacial score (nSPS) is 16.5. The molecule has 3 heterocycles. The number of amides is 1. The molecule has 0 saturated heterocycles. The van der Waals surface area contributed by atoms with Gasteiger partial charge in [-0.1, -0.05) is 41.6 Å². The van der Waals surface area contributed by atoms with Gasteiger partial charge in [-0.25, -0.2) is 18.2 Å². The molecular weight excluding hydrogens is 517 g/mol. The largest absolute Gasteiger partial charge is 0.462 e. The zero-order valence-corrected chi connectivity index (χ0v) is 21.9. The molecule has 1 amide bonds. The van der Waals surface area contributed by atoms with E-state index < -0.39 is 16.0 Å². The van der Waals surface area contributed by atoms with Gasteiger partial charge < -0.3 is 10.1 Å². The minimum Gasteiger partial charge on any atom is -0.462 e. The number of nitrogens with zero attached hydrogens (tertiary/aromatic N) is 3. The molecule has 2 aromatic rings. The first-order valence-corrected chi connectivity index (χ1v) is 14.6. The molecule has 0 bridgehead atoms. The summed E-state index contributed by atoms with van der Waals surface area (Å²) < 4.78 is 32.9. The van der Waals surface area contributed by atoms with E-state index in [1.54, 1.807) is 6.92 Å². The lowest BCUT2D eigenvalue weighted by Crippen LogP contribution is -2.31. The lowest BCUT2D eigenvalue weighted by molar-refractivity contribution is -0.113. The van der Waals surface area contributed by atoms with E-state index in [-0.39, 0.29) is 30.6 Å². The van der Waals surface area contributed by atoms with Crippen molar-refractivity contribution in [3.05, 3.63) is 40.3 Å². The molecule has 0 atom stereocenters. The summed E-state index contributed by atoms with van der Waals surface area (Å²) in [5.41, 5.74) is 3.07. The highest BCUT2D eigenvalue weighted by molar-refractivity contribution is 8.45. The third kappa shape index (κ3) is 5.48. The van der Waals surface area contributed by atoms with E-state index in [0.717, 1.165) is 33.3 Å². The Hall–Kier alpha value is -2.35. The number of fused-ring (bicyclic) bond motifs is 1. The fourth-order valence-corrected chi connectivity index (χ4v) is 7.37. The summed E-state index contributed by atoms with van der Waals surface area (Å²) in [6.45, 7) is 6.09. The van der Waals surface area contributed by atoms with Gasteiger partial charge >= 0.3 is 5.97 Å². The number of rotatable bonds is 6. The fourth-order valence-electron chi connectivity index (χ4n) is 3.32. The molecule has 2 aliphatic heterocycles. The minimum absolute atomic E-state index is 0.0405. The summed E-state index contributed by atoms with van der Waals surface area (Å²) in [4.78, 5) is 26.5. The van der Waals surface area contributed by atoms with Gasteiger partial charge in [-0.15, -0.1) is 15.7 Å². The first-order valence-electron chi connectivity index (χ1n) is 10.3. The molecule has 34 heavy (non-hydrogen) atoms. The average Bonchev–Trinajstić information content (AvgIpc) is 3.32. The number of hydrazone groups is 1. The monoisotopic (exact) mass is 538 g/mol. The fraction of sp³-hybridized carbons (Fsp3) is 0.333. The highest BCUT2D eigenvalue weighted by Gasteiger charge is 2.31. The molecule has 0 unspecified atom stereocenters. The number of amidine groups is 1. The molecule has 0 fully saturated rings. The minimum atomic E-state index is -3.46. The summed E-state index contributed by atoms with van der Waals surface area (Å²) in [6, 6.07) is 7.84. The molecule has 0 radical (unpaired) electrons. The molecular formula is C21H22N4O5S4. The number of benzene rings is 1. The maximum Gasteiger partial charge on any atom is 0.341 e. The van der Waals surface area contributed by atoms with Gasteiger partial charge in [0.05, 0.1) is 24.7 Å². The number of anilines is 1. The van der Waals surface area contributed by atoms with E-state index in [2.05, 4.69) is 14.8 Å². The second kappa shape index (κ2) is 10.1. The van der Waals surface area contributed by atoms with Crippen LogP contribution in [0.15, 0.2) is 33.8 Å². The van der Waals surface area contributed by atoms with Gasteiger partial charge in [0, 0.05) is 10.4 Å². The van der Waals surface area contributed by atoms with Crippen LogP contribution in [-0.2, 0) is 19.6 Å². The highest BCUT2D eigenvalue weighted by atomic mass is 32.2. The number of carbonyl (C=O) groups excluding carboxylic acids is 2. The van der Waals surface area contributed by atoms with Crippen molar-refractivity contribution in [2.24, 2.45) is 9.50 Å². The Bertz CT molecular complexity index is 1300. The number of sulfonamides is 1. The van der Waals surface area contributed by atoms with Crippen LogP contribution in [0.5, 0.6) is 0 Å². The van der Waals surface area contributed by atoms with Crippen molar-refractivity contribution >= 4 is 71.3 Å². The number of hydrogen-bond acceptors (Lipinski definition) is 10. The predicted octanol–water partition coefficient (Wildman–Crippen LogP) is 3.90. The van der Waals surface area contributed by atoms with Crippen LogP contribution in [0.3, 0.4) is 0 Å². The smallest absolute Gasteiger partial charge is 0.341 e. The van der Waals surface area contributed by atoms with Crippen LogP contribution in [0.2, 0.25) is 0 Å². The van der Waals surface area contributed by atoms with Gasteiger partial charge in [0.15, 0.2) is 4.38 Å². The zero-order valence-electron chi connectivity index (χ0n) is 18.7. The highest BCUT2D eigenvalue weighted by Crippen LogP contribution is 2.40. The maximum atomic E-state index is 12.8. The van der Waals surface area contributed by atoms with Crippen molar-refractivity contribution in [3.8, 4) is 11.1 Å². The standard InChI is InChI=1S/C21H22N4O5S4/c1-4-30-19(27)17-16(14-7-5-12(2)6-8-14)13(3)32-18(17)22-15(26)11-31-21-23-25-9-10-34(28,29)24-20(25)33-21/h5-8H,4,9-11H2,1-3H3,(H,22,26). The zero-order chi connectivity index (χ0) is 24.5. The third-order valence-electron chi connectivity index (χ3n) is 4.86. The SMILES string of the molecule is CCOC(=O)c1c(NC(=O)CSC2=NN3CCS(=O)(=O)N=C3S2)sc(C)c1-c1ccc(C)cc1. The maximum absolute atomic E-state index is 12.8.